The van der Waals surface area contributed by atoms with E-state index in [1.54, 1.807) is 56.9 Å². The maximum atomic E-state index is 13.6. The van der Waals surface area contributed by atoms with Crippen LogP contribution in [0.1, 0.15) is 67.2 Å². The molecule has 5 rings (SSSR count). The fourth-order valence-corrected chi connectivity index (χ4v) is 7.11. The van der Waals surface area contributed by atoms with Gasteiger partial charge in [-0.15, -0.1) is 0 Å². The van der Waals surface area contributed by atoms with E-state index in [4.69, 9.17) is 26.1 Å². The van der Waals surface area contributed by atoms with Crippen LogP contribution in [0.4, 0.5) is 21.4 Å². The summed E-state index contributed by atoms with van der Waals surface area (Å²) in [7, 11) is -2.25. The van der Waals surface area contributed by atoms with Crippen molar-refractivity contribution in [3.8, 4) is 11.3 Å². The van der Waals surface area contributed by atoms with Crippen molar-refractivity contribution in [2.75, 3.05) is 9.62 Å². The molecule has 0 spiro atoms. The Balaban J connectivity index is 1.36. The van der Waals surface area contributed by atoms with E-state index in [1.807, 2.05) is 39.0 Å². The molecule has 4 aromatic rings. The molecule has 2 aromatic carbocycles. The molecular weight excluding hydrogens is 670 g/mol. The predicted molar refractivity (Wildman–Crippen MR) is 188 cm³/mol. The largest absolute Gasteiger partial charge is 0.444 e. The molecule has 1 aliphatic rings. The van der Waals surface area contributed by atoms with Crippen LogP contribution >= 0.6 is 11.6 Å². The number of hydrogen-bond acceptors (Lipinski definition) is 9. The molecule has 0 unspecified atom stereocenters. The van der Waals surface area contributed by atoms with Gasteiger partial charge in [-0.2, -0.15) is 5.10 Å². The lowest BCUT2D eigenvalue weighted by atomic mass is 9.90. The Morgan fingerprint density at radius 3 is 2.29 bits per heavy atom. The van der Waals surface area contributed by atoms with Gasteiger partial charge in [0.05, 0.1) is 16.2 Å². The minimum Gasteiger partial charge on any atom is -0.444 e. The third-order valence-electron chi connectivity index (χ3n) is 7.70. The number of ether oxygens (including phenoxy) is 2. The van der Waals surface area contributed by atoms with Crippen molar-refractivity contribution in [2.24, 2.45) is 7.05 Å². The van der Waals surface area contributed by atoms with E-state index in [1.165, 1.54) is 17.0 Å². The smallest absolute Gasteiger partial charge is 0.417 e. The van der Waals surface area contributed by atoms with E-state index < -0.39 is 33.4 Å². The number of sulfonamides is 1. The van der Waals surface area contributed by atoms with Crippen LogP contribution in [0.2, 0.25) is 5.02 Å². The maximum Gasteiger partial charge on any atom is 0.417 e. The zero-order valence-corrected chi connectivity index (χ0v) is 30.2. The number of halogens is 1. The molecule has 13 nitrogen and oxygen atoms in total. The highest BCUT2D eigenvalue weighted by Crippen LogP contribution is 2.31. The summed E-state index contributed by atoms with van der Waals surface area (Å²) in [4.78, 5) is 36.7. The zero-order chi connectivity index (χ0) is 35.7. The Morgan fingerprint density at radius 2 is 1.63 bits per heavy atom. The molecule has 1 saturated carbocycles. The molecule has 2 aromatic heterocycles. The summed E-state index contributed by atoms with van der Waals surface area (Å²) in [5.74, 6) is 0.350. The first-order chi connectivity index (χ1) is 22.9. The number of hydrogen-bond donors (Lipinski definition) is 2. The van der Waals surface area contributed by atoms with Gasteiger partial charge in [-0.1, -0.05) is 29.8 Å². The van der Waals surface area contributed by atoms with Crippen LogP contribution in [0, 0.1) is 0 Å². The number of aromatic nitrogens is 4. The highest BCUT2D eigenvalue weighted by atomic mass is 35.5. The van der Waals surface area contributed by atoms with Crippen molar-refractivity contribution in [3.63, 3.8) is 0 Å². The summed E-state index contributed by atoms with van der Waals surface area (Å²) in [5.41, 5.74) is 0.670. The molecule has 0 bridgehead atoms. The molecule has 1 fully saturated rings. The monoisotopic (exact) mass is 711 g/mol. The highest BCUT2D eigenvalue weighted by molar-refractivity contribution is 7.92. The third-order valence-corrected chi connectivity index (χ3v) is 9.55. The average Bonchev–Trinajstić information content (AvgIpc) is 3.35. The quantitative estimate of drug-likeness (QED) is 0.205. The zero-order valence-electron chi connectivity index (χ0n) is 28.7. The SMILES string of the molecule is Cn1nc(NS(=O)(=O)c2ccccc2Cl)cc1-c1ccc2nc(N(C(=O)OC(C)(C)C)C3CCC(NC(=O)OC(C)(C)C)CC3)ncc2c1. The van der Waals surface area contributed by atoms with Gasteiger partial charge in [0.25, 0.3) is 10.0 Å². The van der Waals surface area contributed by atoms with Crippen LogP contribution in [0.5, 0.6) is 0 Å². The number of carbonyl (C=O) groups excluding carboxylic acids is 2. The number of carbonyl (C=O) groups is 2. The van der Waals surface area contributed by atoms with E-state index in [0.29, 0.717) is 42.3 Å². The first kappa shape index (κ1) is 35.9. The molecule has 49 heavy (non-hydrogen) atoms. The van der Waals surface area contributed by atoms with Gasteiger partial charge in [0.1, 0.15) is 16.1 Å². The second-order valence-corrected chi connectivity index (χ2v) is 16.1. The minimum absolute atomic E-state index is 0.0477. The molecule has 1 aliphatic carbocycles. The van der Waals surface area contributed by atoms with Gasteiger partial charge in [0, 0.05) is 42.3 Å². The lowest BCUT2D eigenvalue weighted by molar-refractivity contribution is 0.0474. The van der Waals surface area contributed by atoms with E-state index >= 15 is 0 Å². The van der Waals surface area contributed by atoms with E-state index in [2.05, 4.69) is 20.1 Å². The Labute approximate surface area is 291 Å². The molecule has 0 saturated heterocycles. The van der Waals surface area contributed by atoms with Gasteiger partial charge in [-0.25, -0.2) is 32.9 Å². The van der Waals surface area contributed by atoms with Crippen molar-refractivity contribution in [2.45, 2.75) is 95.4 Å². The molecular formula is C34H42ClN7O6S. The van der Waals surface area contributed by atoms with Gasteiger partial charge >= 0.3 is 12.2 Å². The van der Waals surface area contributed by atoms with Crippen LogP contribution in [-0.2, 0) is 26.5 Å². The second-order valence-electron chi connectivity index (χ2n) is 14.0. The Bertz CT molecular complexity index is 1960. The highest BCUT2D eigenvalue weighted by Gasteiger charge is 2.35. The number of benzene rings is 2. The summed E-state index contributed by atoms with van der Waals surface area (Å²) in [6.07, 6.45) is 3.12. The first-order valence-corrected chi connectivity index (χ1v) is 17.8. The fraction of sp³-hybridized carbons (Fsp3) is 0.441. The molecule has 2 N–H and O–H groups in total. The van der Waals surface area contributed by atoms with Crippen LogP contribution in [0.25, 0.3) is 22.2 Å². The molecule has 15 heteroatoms. The van der Waals surface area contributed by atoms with Gasteiger partial charge in [-0.3, -0.25) is 9.40 Å². The topological polar surface area (TPSA) is 158 Å². The summed E-state index contributed by atoms with van der Waals surface area (Å²) in [6.45, 7) is 10.9. The number of aryl methyl sites for hydroxylation is 1. The summed E-state index contributed by atoms with van der Waals surface area (Å²) < 4.78 is 41.2. The van der Waals surface area contributed by atoms with Crippen molar-refractivity contribution < 1.29 is 27.5 Å². The number of alkyl carbamates (subject to hydrolysis) is 1. The molecule has 0 radical (unpaired) electrons. The van der Waals surface area contributed by atoms with E-state index in [9.17, 15) is 18.0 Å². The number of nitrogens with zero attached hydrogens (tertiary/aromatic N) is 5. The van der Waals surface area contributed by atoms with E-state index in [0.717, 1.165) is 5.56 Å². The van der Waals surface area contributed by atoms with Crippen molar-refractivity contribution in [3.05, 3.63) is 59.8 Å². The van der Waals surface area contributed by atoms with Crippen LogP contribution < -0.4 is 14.9 Å². The van der Waals surface area contributed by atoms with Gasteiger partial charge in [0.2, 0.25) is 5.95 Å². The number of rotatable bonds is 7. The lowest BCUT2D eigenvalue weighted by Crippen LogP contribution is -2.49. The van der Waals surface area contributed by atoms with Gasteiger partial charge in [-0.05, 0) is 91.5 Å². The van der Waals surface area contributed by atoms with E-state index in [-0.39, 0.29) is 33.8 Å². The minimum atomic E-state index is -3.96. The number of amides is 2. The first-order valence-electron chi connectivity index (χ1n) is 16.0. The third kappa shape index (κ3) is 8.98. The van der Waals surface area contributed by atoms with Crippen LogP contribution in [0.3, 0.4) is 0 Å². The molecule has 0 atom stereocenters. The number of nitrogens with one attached hydrogen (secondary N) is 2. The standard InChI is InChI=1S/C34H42ClN7O6S/c1-33(2,3)47-31(43)37-23-13-15-24(16-14-23)42(32(44)48-34(4,5)6)30-36-20-22-18-21(12-17-26(22)38-30)27-19-29(39-41(27)7)40-49(45,46)28-11-9-8-10-25(28)35/h8-12,17-20,23-24H,13-16H2,1-7H3,(H,37,43)(H,39,40). The van der Waals surface area contributed by atoms with Crippen molar-refractivity contribution in [1.29, 1.82) is 0 Å². The summed E-state index contributed by atoms with van der Waals surface area (Å²) in [6, 6.07) is 13.0. The average molecular weight is 712 g/mol. The van der Waals surface area contributed by atoms with Crippen LogP contribution in [-0.4, -0.2) is 63.6 Å². The van der Waals surface area contributed by atoms with Crippen molar-refractivity contribution in [1.82, 2.24) is 25.1 Å². The van der Waals surface area contributed by atoms with Gasteiger partial charge in [0.15, 0.2) is 5.82 Å². The summed E-state index contributed by atoms with van der Waals surface area (Å²) in [5, 5.41) is 8.09. The normalized spacial score (nSPS) is 17.0. The molecule has 0 aliphatic heterocycles. The predicted octanol–water partition coefficient (Wildman–Crippen LogP) is 7.06. The van der Waals surface area contributed by atoms with Gasteiger partial charge < -0.3 is 14.8 Å². The molecule has 262 valence electrons. The Morgan fingerprint density at radius 1 is 0.959 bits per heavy atom. The maximum absolute atomic E-state index is 13.6. The number of anilines is 2. The van der Waals surface area contributed by atoms with Crippen LogP contribution in [0.15, 0.2) is 59.6 Å². The summed E-state index contributed by atoms with van der Waals surface area (Å²) >= 11 is 6.12. The van der Waals surface area contributed by atoms with Crippen molar-refractivity contribution >= 4 is 56.5 Å². The fourth-order valence-electron chi connectivity index (χ4n) is 5.60. The molecule has 2 amide bonds. The molecule has 2 heterocycles. The number of fused-ring (bicyclic) bond motifs is 1. The Hall–Kier alpha value is -4.43. The lowest BCUT2D eigenvalue weighted by Gasteiger charge is -2.36. The second kappa shape index (κ2) is 13.8. The Kier molecular flexibility index (Phi) is 10.1.